The van der Waals surface area contributed by atoms with E-state index in [1.807, 2.05) is 30.4 Å². The van der Waals surface area contributed by atoms with Crippen molar-refractivity contribution in [2.45, 2.75) is 27.7 Å². The largest absolute Gasteiger partial charge is 0.497 e. The van der Waals surface area contributed by atoms with Crippen LogP contribution in [0.1, 0.15) is 33.3 Å². The van der Waals surface area contributed by atoms with Crippen molar-refractivity contribution >= 4 is 13.7 Å². The first-order valence-electron chi connectivity index (χ1n) is 7.31. The minimum atomic E-state index is -3.35. The minimum absolute atomic E-state index is 0.0158. The molecule has 0 fully saturated rings. The maximum absolute atomic E-state index is 13.0. The lowest BCUT2D eigenvalue weighted by Gasteiger charge is -2.25. The van der Waals surface area contributed by atoms with Gasteiger partial charge in [0.25, 0.3) is 0 Å². The molecule has 1 aliphatic rings. The van der Waals surface area contributed by atoms with Crippen molar-refractivity contribution in [1.82, 2.24) is 0 Å². The van der Waals surface area contributed by atoms with Crippen LogP contribution < -0.4 is 9.26 Å². The van der Waals surface area contributed by atoms with E-state index >= 15 is 0 Å². The number of methoxy groups -OCH3 is 1. The van der Waals surface area contributed by atoms with Crippen molar-refractivity contribution in [1.29, 1.82) is 0 Å². The van der Waals surface area contributed by atoms with Gasteiger partial charge < -0.3 is 9.26 Å². The fourth-order valence-corrected chi connectivity index (χ4v) is 3.62. The number of benzene rings is 1. The van der Waals surface area contributed by atoms with E-state index in [9.17, 15) is 4.57 Å². The van der Waals surface area contributed by atoms with E-state index in [-0.39, 0.29) is 5.41 Å². The van der Waals surface area contributed by atoms with Crippen molar-refractivity contribution in [2.24, 2.45) is 5.41 Å². The van der Waals surface area contributed by atoms with Crippen molar-refractivity contribution in [3.8, 4) is 11.5 Å². The van der Waals surface area contributed by atoms with Gasteiger partial charge in [0.1, 0.15) is 11.5 Å². The average Bonchev–Trinajstić information content (AvgIpc) is 2.43. The fourth-order valence-electron chi connectivity index (χ4n) is 2.01. The summed E-state index contributed by atoms with van der Waals surface area (Å²) in [6.07, 6.45) is 5.70. The second-order valence-corrected chi connectivity index (χ2v) is 8.13. The highest BCUT2D eigenvalue weighted by molar-refractivity contribution is 7.59. The van der Waals surface area contributed by atoms with Gasteiger partial charge in [0.05, 0.1) is 19.0 Å². The quantitative estimate of drug-likeness (QED) is 0.709. The predicted octanol–water partition coefficient (Wildman–Crippen LogP) is 5.26. The molecule has 4 nitrogen and oxygen atoms in total. The Morgan fingerprint density at radius 1 is 1.32 bits per heavy atom. The highest BCUT2D eigenvalue weighted by Crippen LogP contribution is 2.60. The van der Waals surface area contributed by atoms with E-state index in [0.29, 0.717) is 23.4 Å². The number of hydrogen-bond acceptors (Lipinski definition) is 4. The average molecular weight is 322 g/mol. The summed E-state index contributed by atoms with van der Waals surface area (Å²) < 4.78 is 29.4. The minimum Gasteiger partial charge on any atom is -0.497 e. The van der Waals surface area contributed by atoms with Gasteiger partial charge in [-0.05, 0) is 36.6 Å². The lowest BCUT2D eigenvalue weighted by atomic mass is 9.96. The maximum Gasteiger partial charge on any atom is 0.410 e. The molecule has 22 heavy (non-hydrogen) atoms. The van der Waals surface area contributed by atoms with E-state index in [1.165, 1.54) is 0 Å². The summed E-state index contributed by atoms with van der Waals surface area (Å²) in [4.78, 5) is 0. The number of ether oxygens (including phenoxy) is 1. The summed E-state index contributed by atoms with van der Waals surface area (Å²) in [5.74, 6) is 1.17. The van der Waals surface area contributed by atoms with Crippen LogP contribution in [0.4, 0.5) is 0 Å². The van der Waals surface area contributed by atoms with Crippen molar-refractivity contribution in [3.05, 3.63) is 41.2 Å². The van der Waals surface area contributed by atoms with Gasteiger partial charge in [0.2, 0.25) is 0 Å². The molecular weight excluding hydrogens is 299 g/mol. The van der Waals surface area contributed by atoms with Crippen molar-refractivity contribution in [3.63, 3.8) is 0 Å². The second-order valence-electron chi connectivity index (χ2n) is 6.18. The van der Waals surface area contributed by atoms with E-state index in [0.717, 1.165) is 5.56 Å². The number of fused-ring (bicyclic) bond motifs is 1. The molecule has 2 rings (SSSR count). The van der Waals surface area contributed by atoms with Gasteiger partial charge in [-0.15, -0.1) is 0 Å². The van der Waals surface area contributed by atoms with Gasteiger partial charge in [-0.2, -0.15) is 0 Å². The Morgan fingerprint density at radius 2 is 2.05 bits per heavy atom. The molecule has 0 saturated carbocycles. The molecule has 0 radical (unpaired) electrons. The maximum atomic E-state index is 13.0. The van der Waals surface area contributed by atoms with Crippen LogP contribution in [0.5, 0.6) is 11.5 Å². The number of allylic oxidation sites excluding steroid dienone is 3. The zero-order valence-electron chi connectivity index (χ0n) is 13.8. The van der Waals surface area contributed by atoms with E-state index in [1.54, 1.807) is 20.1 Å². The molecule has 0 spiro atoms. The molecule has 1 heterocycles. The molecule has 1 unspecified atom stereocenters. The lowest BCUT2D eigenvalue weighted by Crippen LogP contribution is -2.06. The van der Waals surface area contributed by atoms with Crippen LogP contribution in [0, 0.1) is 5.41 Å². The van der Waals surface area contributed by atoms with Crippen LogP contribution >= 0.6 is 7.60 Å². The van der Waals surface area contributed by atoms with E-state index in [2.05, 4.69) is 20.8 Å². The lowest BCUT2D eigenvalue weighted by molar-refractivity contribution is 0.285. The Bertz CT molecular complexity index is 653. The molecule has 1 atom stereocenters. The standard InChI is InChI=1S/C17H23O4P/c1-6-20-22(18)15(9-10-17(2,3)4)11-13-7-8-14(19-5)12-16(13)21-22/h7-12H,6H2,1-5H3/b10-9+. The molecular formula is C17H23O4P. The highest BCUT2D eigenvalue weighted by Gasteiger charge is 2.34. The Kier molecular flexibility index (Phi) is 4.84. The van der Waals surface area contributed by atoms with Gasteiger partial charge >= 0.3 is 7.60 Å². The van der Waals surface area contributed by atoms with Crippen LogP contribution in [0.2, 0.25) is 0 Å². The van der Waals surface area contributed by atoms with E-state index in [4.69, 9.17) is 13.8 Å². The summed E-state index contributed by atoms with van der Waals surface area (Å²) in [6.45, 7) is 8.36. The molecule has 120 valence electrons. The molecule has 0 aliphatic carbocycles. The predicted molar refractivity (Wildman–Crippen MR) is 89.4 cm³/mol. The van der Waals surface area contributed by atoms with Gasteiger partial charge in [-0.25, -0.2) is 4.57 Å². The topological polar surface area (TPSA) is 44.8 Å². The molecule has 0 amide bonds. The molecule has 5 heteroatoms. The highest BCUT2D eigenvalue weighted by atomic mass is 31.2. The SMILES string of the molecule is CCOP1(=O)Oc2cc(OC)ccc2C=C1/C=C/C(C)(C)C. The van der Waals surface area contributed by atoms with Gasteiger partial charge in [0, 0.05) is 11.6 Å². The van der Waals surface area contributed by atoms with Crippen LogP contribution in [0.3, 0.4) is 0 Å². The Morgan fingerprint density at radius 3 is 2.64 bits per heavy atom. The Hall–Kier alpha value is -1.51. The number of rotatable bonds is 4. The first kappa shape index (κ1) is 16.9. The molecule has 0 N–H and O–H groups in total. The summed E-state index contributed by atoms with van der Waals surface area (Å²) in [5, 5.41) is 0.571. The van der Waals surface area contributed by atoms with E-state index < -0.39 is 7.60 Å². The van der Waals surface area contributed by atoms with Gasteiger partial charge in [0.15, 0.2) is 0 Å². The smallest absolute Gasteiger partial charge is 0.410 e. The second kappa shape index (κ2) is 6.31. The molecule has 0 saturated heterocycles. The summed E-state index contributed by atoms with van der Waals surface area (Å²) in [6, 6.07) is 5.46. The molecule has 0 aromatic heterocycles. The molecule has 0 bridgehead atoms. The monoisotopic (exact) mass is 322 g/mol. The van der Waals surface area contributed by atoms with Crippen molar-refractivity contribution < 1.29 is 18.3 Å². The summed E-state index contributed by atoms with van der Waals surface area (Å²) >= 11 is 0. The zero-order chi connectivity index (χ0) is 16.4. The Balaban J connectivity index is 2.48. The summed E-state index contributed by atoms with van der Waals surface area (Å²) in [7, 11) is -1.77. The van der Waals surface area contributed by atoms with Gasteiger partial charge in [-0.1, -0.05) is 26.8 Å². The first-order chi connectivity index (χ1) is 10.3. The van der Waals surface area contributed by atoms with Crippen LogP contribution in [-0.4, -0.2) is 13.7 Å². The van der Waals surface area contributed by atoms with Crippen LogP contribution in [0.25, 0.3) is 6.08 Å². The zero-order valence-corrected chi connectivity index (χ0v) is 14.6. The Labute approximate surface area is 132 Å². The third kappa shape index (κ3) is 3.82. The van der Waals surface area contributed by atoms with Crippen molar-refractivity contribution in [2.75, 3.05) is 13.7 Å². The van der Waals surface area contributed by atoms with Gasteiger partial charge in [-0.3, -0.25) is 4.52 Å². The van der Waals surface area contributed by atoms with Crippen LogP contribution in [0.15, 0.2) is 35.7 Å². The fraction of sp³-hybridized carbons (Fsp3) is 0.412. The summed E-state index contributed by atoms with van der Waals surface area (Å²) in [5.41, 5.74) is 0.846. The third-order valence-corrected chi connectivity index (χ3v) is 5.06. The normalized spacial score (nSPS) is 21.2. The molecule has 1 aromatic rings. The third-order valence-electron chi connectivity index (χ3n) is 3.11. The molecule has 1 aromatic carbocycles. The molecule has 1 aliphatic heterocycles. The number of hydrogen-bond donors (Lipinski definition) is 0. The van der Waals surface area contributed by atoms with Crippen LogP contribution in [-0.2, 0) is 9.09 Å². The first-order valence-corrected chi connectivity index (χ1v) is 8.85.